The summed E-state index contributed by atoms with van der Waals surface area (Å²) < 4.78 is 1.58. The van der Waals surface area contributed by atoms with E-state index < -0.39 is 0 Å². The zero-order valence-corrected chi connectivity index (χ0v) is 10.2. The average molecular weight is 249 g/mol. The van der Waals surface area contributed by atoms with Crippen molar-refractivity contribution in [2.45, 2.75) is 13.5 Å². The van der Waals surface area contributed by atoms with Crippen LogP contribution in [0.15, 0.2) is 41.3 Å². The van der Waals surface area contributed by atoms with Crippen molar-refractivity contribution in [3.05, 3.63) is 63.0 Å². The third-order valence-electron chi connectivity index (χ3n) is 2.55. The van der Waals surface area contributed by atoms with E-state index in [1.54, 1.807) is 22.9 Å². The molecule has 0 radical (unpaired) electrons. The van der Waals surface area contributed by atoms with Gasteiger partial charge in [-0.15, -0.1) is 0 Å². The molecule has 1 heterocycles. The Kier molecular flexibility index (Phi) is 3.20. The molecule has 0 bridgehead atoms. The highest BCUT2D eigenvalue weighted by atomic mass is 35.5. The lowest BCUT2D eigenvalue weighted by atomic mass is 10.2. The number of hydrogen-bond acceptors (Lipinski definition) is 2. The van der Waals surface area contributed by atoms with E-state index in [-0.39, 0.29) is 11.2 Å². The zero-order valence-electron chi connectivity index (χ0n) is 9.48. The fourth-order valence-corrected chi connectivity index (χ4v) is 1.94. The molecule has 2 aromatic rings. The molecule has 2 rings (SSSR count). The highest BCUT2D eigenvalue weighted by molar-refractivity contribution is 6.31. The van der Waals surface area contributed by atoms with Crippen molar-refractivity contribution in [3.63, 3.8) is 0 Å². The van der Waals surface area contributed by atoms with Gasteiger partial charge in [0.15, 0.2) is 0 Å². The third kappa shape index (κ3) is 2.50. The van der Waals surface area contributed by atoms with Crippen molar-refractivity contribution in [3.8, 4) is 0 Å². The van der Waals surface area contributed by atoms with E-state index in [9.17, 15) is 4.79 Å². The molecular formula is C13H13ClN2O. The lowest BCUT2D eigenvalue weighted by Gasteiger charge is -2.09. The number of benzene rings is 1. The normalized spacial score (nSPS) is 10.5. The molecule has 3 nitrogen and oxygen atoms in total. The second kappa shape index (κ2) is 4.63. The van der Waals surface area contributed by atoms with Gasteiger partial charge in [-0.25, -0.2) is 0 Å². The SMILES string of the molecule is Cc1cc(N)c(=O)n(Cc2ccccc2Cl)c1. The molecule has 4 heteroatoms. The molecule has 0 amide bonds. The minimum absolute atomic E-state index is 0.185. The van der Waals surface area contributed by atoms with Gasteiger partial charge < -0.3 is 10.3 Å². The van der Waals surface area contributed by atoms with Gasteiger partial charge in [-0.05, 0) is 30.2 Å². The molecule has 2 N–H and O–H groups in total. The van der Waals surface area contributed by atoms with Gasteiger partial charge in [0, 0.05) is 11.2 Å². The van der Waals surface area contributed by atoms with E-state index in [4.69, 9.17) is 17.3 Å². The van der Waals surface area contributed by atoms with E-state index in [2.05, 4.69) is 0 Å². The van der Waals surface area contributed by atoms with Gasteiger partial charge in [-0.1, -0.05) is 29.8 Å². The molecule has 0 fully saturated rings. The number of rotatable bonds is 2. The fraction of sp³-hybridized carbons (Fsp3) is 0.154. The maximum absolute atomic E-state index is 11.8. The Morgan fingerprint density at radius 3 is 2.76 bits per heavy atom. The van der Waals surface area contributed by atoms with E-state index in [0.29, 0.717) is 11.6 Å². The molecule has 17 heavy (non-hydrogen) atoms. The highest BCUT2D eigenvalue weighted by Crippen LogP contribution is 2.15. The standard InChI is InChI=1S/C13H13ClN2O/c1-9-6-12(15)13(17)16(7-9)8-10-4-2-3-5-11(10)14/h2-7H,8,15H2,1H3. The quantitative estimate of drug-likeness (QED) is 0.888. The molecule has 1 aromatic heterocycles. The summed E-state index contributed by atoms with van der Waals surface area (Å²) in [6, 6.07) is 9.13. The Balaban J connectivity index is 2.44. The van der Waals surface area contributed by atoms with Gasteiger partial charge in [-0.3, -0.25) is 4.79 Å². The zero-order chi connectivity index (χ0) is 12.4. The number of nitrogens with zero attached hydrogens (tertiary/aromatic N) is 1. The summed E-state index contributed by atoms with van der Waals surface area (Å²) in [4.78, 5) is 11.8. The maximum atomic E-state index is 11.8. The Labute approximate surface area is 104 Å². The Bertz CT molecular complexity index is 605. The van der Waals surface area contributed by atoms with Gasteiger partial charge >= 0.3 is 0 Å². The van der Waals surface area contributed by atoms with Crippen molar-refractivity contribution in [1.29, 1.82) is 0 Å². The van der Waals surface area contributed by atoms with Gasteiger partial charge in [0.05, 0.1) is 12.2 Å². The average Bonchev–Trinajstić information content (AvgIpc) is 2.28. The van der Waals surface area contributed by atoms with Crippen molar-refractivity contribution in [1.82, 2.24) is 4.57 Å². The molecule has 0 atom stereocenters. The van der Waals surface area contributed by atoms with Gasteiger partial charge in [0.25, 0.3) is 5.56 Å². The van der Waals surface area contributed by atoms with Crippen LogP contribution in [0.2, 0.25) is 5.02 Å². The molecule has 0 aliphatic heterocycles. The van der Waals surface area contributed by atoms with Crippen LogP contribution in [0.3, 0.4) is 0 Å². The molecule has 1 aromatic carbocycles. The summed E-state index contributed by atoms with van der Waals surface area (Å²) in [5.74, 6) is 0. The van der Waals surface area contributed by atoms with Crippen LogP contribution in [0.5, 0.6) is 0 Å². The predicted molar refractivity (Wildman–Crippen MR) is 70.4 cm³/mol. The summed E-state index contributed by atoms with van der Waals surface area (Å²) in [7, 11) is 0. The molecule has 0 saturated heterocycles. The number of nitrogens with two attached hydrogens (primary N) is 1. The molecule has 0 saturated carbocycles. The van der Waals surface area contributed by atoms with Crippen LogP contribution < -0.4 is 11.3 Å². The summed E-state index contributed by atoms with van der Waals surface area (Å²) in [5.41, 5.74) is 7.58. The minimum Gasteiger partial charge on any atom is -0.394 e. The number of anilines is 1. The van der Waals surface area contributed by atoms with Crippen LogP contribution in [0.25, 0.3) is 0 Å². The van der Waals surface area contributed by atoms with E-state index in [0.717, 1.165) is 11.1 Å². The lowest BCUT2D eigenvalue weighted by Crippen LogP contribution is -2.23. The van der Waals surface area contributed by atoms with Crippen LogP contribution >= 0.6 is 11.6 Å². The van der Waals surface area contributed by atoms with Crippen molar-refractivity contribution < 1.29 is 0 Å². The summed E-state index contributed by atoms with van der Waals surface area (Å²) in [6.07, 6.45) is 1.78. The summed E-state index contributed by atoms with van der Waals surface area (Å²) >= 11 is 6.06. The highest BCUT2D eigenvalue weighted by Gasteiger charge is 2.04. The second-order valence-electron chi connectivity index (χ2n) is 4.00. The van der Waals surface area contributed by atoms with Crippen molar-refractivity contribution in [2.75, 3.05) is 5.73 Å². The molecular weight excluding hydrogens is 236 g/mol. The van der Waals surface area contributed by atoms with Gasteiger partial charge in [0.1, 0.15) is 0 Å². The largest absolute Gasteiger partial charge is 0.394 e. The van der Waals surface area contributed by atoms with E-state index >= 15 is 0 Å². The molecule has 0 aliphatic rings. The Morgan fingerprint density at radius 2 is 2.06 bits per heavy atom. The second-order valence-corrected chi connectivity index (χ2v) is 4.40. The number of nitrogen functional groups attached to an aromatic ring is 1. The van der Waals surface area contributed by atoms with Gasteiger partial charge in [-0.2, -0.15) is 0 Å². The van der Waals surface area contributed by atoms with Crippen LogP contribution in [0, 0.1) is 6.92 Å². The first-order chi connectivity index (χ1) is 8.08. The Hall–Kier alpha value is -1.74. The fourth-order valence-electron chi connectivity index (χ4n) is 1.74. The predicted octanol–water partition coefficient (Wildman–Crippen LogP) is 2.44. The number of aryl methyl sites for hydroxylation is 1. The van der Waals surface area contributed by atoms with Crippen LogP contribution in [-0.4, -0.2) is 4.57 Å². The third-order valence-corrected chi connectivity index (χ3v) is 2.92. The topological polar surface area (TPSA) is 48.0 Å². The summed E-state index contributed by atoms with van der Waals surface area (Å²) in [6.45, 7) is 2.34. The van der Waals surface area contributed by atoms with E-state index in [1.165, 1.54) is 0 Å². The van der Waals surface area contributed by atoms with Crippen LogP contribution in [0.1, 0.15) is 11.1 Å². The molecule has 0 aliphatic carbocycles. The number of hydrogen-bond donors (Lipinski definition) is 1. The Morgan fingerprint density at radius 1 is 1.35 bits per heavy atom. The smallest absolute Gasteiger partial charge is 0.273 e. The van der Waals surface area contributed by atoms with Crippen molar-refractivity contribution in [2.24, 2.45) is 0 Å². The minimum atomic E-state index is -0.185. The maximum Gasteiger partial charge on any atom is 0.273 e. The first-order valence-electron chi connectivity index (χ1n) is 5.28. The monoisotopic (exact) mass is 248 g/mol. The number of halogens is 1. The van der Waals surface area contributed by atoms with E-state index in [1.807, 2.05) is 25.1 Å². The first-order valence-corrected chi connectivity index (χ1v) is 5.65. The number of pyridine rings is 1. The van der Waals surface area contributed by atoms with Gasteiger partial charge in [0.2, 0.25) is 0 Å². The first kappa shape index (κ1) is 11.7. The molecule has 0 unspecified atom stereocenters. The lowest BCUT2D eigenvalue weighted by molar-refractivity contribution is 0.757. The summed E-state index contributed by atoms with van der Waals surface area (Å²) in [5, 5.41) is 0.652. The van der Waals surface area contributed by atoms with Crippen LogP contribution in [-0.2, 0) is 6.54 Å². The van der Waals surface area contributed by atoms with Crippen molar-refractivity contribution >= 4 is 17.3 Å². The molecule has 0 spiro atoms. The number of aromatic nitrogens is 1. The van der Waals surface area contributed by atoms with Crippen LogP contribution in [0.4, 0.5) is 5.69 Å². The molecule has 88 valence electrons.